The van der Waals surface area contributed by atoms with Crippen LogP contribution < -0.4 is 10.6 Å². The molecule has 1 amide bonds. The maximum atomic E-state index is 12.7. The van der Waals surface area contributed by atoms with E-state index in [0.717, 1.165) is 11.4 Å². The lowest BCUT2D eigenvalue weighted by Gasteiger charge is -2.19. The molecule has 0 saturated heterocycles. The molecule has 0 aliphatic carbocycles. The molecule has 1 aromatic carbocycles. The maximum Gasteiger partial charge on any atom is 0.256 e. The SMILES string of the molecule is CC(C)(C)c1ccc(C(=O)Nc2cc(NCc3cccnc3)n3nccc3n2)cc1. The van der Waals surface area contributed by atoms with Crippen molar-refractivity contribution in [1.82, 2.24) is 19.6 Å². The molecular formula is C23H24N6O. The highest BCUT2D eigenvalue weighted by atomic mass is 16.1. The fraction of sp³-hybridized carbons (Fsp3) is 0.217. The molecule has 0 spiro atoms. The summed E-state index contributed by atoms with van der Waals surface area (Å²) in [5.41, 5.74) is 3.49. The number of amides is 1. The van der Waals surface area contributed by atoms with Crippen molar-refractivity contribution in [2.75, 3.05) is 10.6 Å². The second kappa shape index (κ2) is 7.94. The van der Waals surface area contributed by atoms with Crippen LogP contribution in [0.25, 0.3) is 5.65 Å². The van der Waals surface area contributed by atoms with Crippen molar-refractivity contribution in [3.63, 3.8) is 0 Å². The average molecular weight is 400 g/mol. The molecule has 7 heteroatoms. The van der Waals surface area contributed by atoms with Crippen LogP contribution in [0.3, 0.4) is 0 Å². The zero-order valence-corrected chi connectivity index (χ0v) is 17.3. The van der Waals surface area contributed by atoms with Crippen molar-refractivity contribution in [2.45, 2.75) is 32.7 Å². The molecule has 2 N–H and O–H groups in total. The number of benzene rings is 1. The van der Waals surface area contributed by atoms with Gasteiger partial charge in [-0.05, 0) is 34.7 Å². The number of hydrogen-bond donors (Lipinski definition) is 2. The molecule has 4 aromatic rings. The number of fused-ring (bicyclic) bond motifs is 1. The number of rotatable bonds is 5. The van der Waals surface area contributed by atoms with Crippen molar-refractivity contribution in [1.29, 1.82) is 0 Å². The Balaban J connectivity index is 1.54. The van der Waals surface area contributed by atoms with Gasteiger partial charge in [0.2, 0.25) is 0 Å². The Morgan fingerprint density at radius 1 is 1.07 bits per heavy atom. The van der Waals surface area contributed by atoms with Crippen LogP contribution >= 0.6 is 0 Å². The van der Waals surface area contributed by atoms with E-state index in [2.05, 4.69) is 46.5 Å². The number of hydrogen-bond acceptors (Lipinski definition) is 5. The Morgan fingerprint density at radius 2 is 1.87 bits per heavy atom. The monoisotopic (exact) mass is 400 g/mol. The average Bonchev–Trinajstić information content (AvgIpc) is 3.21. The molecular weight excluding hydrogens is 376 g/mol. The first-order chi connectivity index (χ1) is 14.4. The van der Waals surface area contributed by atoms with Gasteiger partial charge in [0.1, 0.15) is 11.6 Å². The minimum Gasteiger partial charge on any atom is -0.366 e. The lowest BCUT2D eigenvalue weighted by Crippen LogP contribution is -2.16. The normalized spacial score (nSPS) is 11.4. The van der Waals surface area contributed by atoms with Crippen molar-refractivity contribution in [3.8, 4) is 0 Å². The summed E-state index contributed by atoms with van der Waals surface area (Å²) in [5.74, 6) is 0.985. The predicted molar refractivity (Wildman–Crippen MR) is 118 cm³/mol. The Labute approximate surface area is 175 Å². The minimum atomic E-state index is -0.204. The summed E-state index contributed by atoms with van der Waals surface area (Å²) in [5, 5.41) is 10.5. The van der Waals surface area contributed by atoms with Crippen LogP contribution in [-0.4, -0.2) is 25.5 Å². The van der Waals surface area contributed by atoms with Crippen LogP contribution in [0.5, 0.6) is 0 Å². The van der Waals surface area contributed by atoms with Gasteiger partial charge < -0.3 is 10.6 Å². The largest absolute Gasteiger partial charge is 0.366 e. The first-order valence-electron chi connectivity index (χ1n) is 9.79. The first kappa shape index (κ1) is 19.6. The third-order valence-corrected chi connectivity index (χ3v) is 4.81. The highest BCUT2D eigenvalue weighted by molar-refractivity contribution is 6.04. The molecule has 0 bridgehead atoms. The van der Waals surface area contributed by atoms with Gasteiger partial charge in [-0.15, -0.1) is 0 Å². The van der Waals surface area contributed by atoms with Crippen LogP contribution in [0.15, 0.2) is 67.1 Å². The van der Waals surface area contributed by atoms with Gasteiger partial charge in [0, 0.05) is 36.6 Å². The van der Waals surface area contributed by atoms with Gasteiger partial charge in [0.05, 0.1) is 6.20 Å². The molecule has 4 rings (SSSR count). The second-order valence-electron chi connectivity index (χ2n) is 8.12. The van der Waals surface area contributed by atoms with E-state index in [0.29, 0.717) is 23.6 Å². The third-order valence-electron chi connectivity index (χ3n) is 4.81. The lowest BCUT2D eigenvalue weighted by molar-refractivity contribution is 0.102. The van der Waals surface area contributed by atoms with E-state index in [9.17, 15) is 4.79 Å². The van der Waals surface area contributed by atoms with Crippen molar-refractivity contribution in [2.24, 2.45) is 0 Å². The third kappa shape index (κ3) is 4.30. The van der Waals surface area contributed by atoms with Crippen LogP contribution in [0, 0.1) is 0 Å². The van der Waals surface area contributed by atoms with Gasteiger partial charge in [-0.1, -0.05) is 39.0 Å². The summed E-state index contributed by atoms with van der Waals surface area (Å²) in [7, 11) is 0. The molecule has 0 radical (unpaired) electrons. The van der Waals surface area contributed by atoms with E-state index in [1.807, 2.05) is 36.4 Å². The second-order valence-corrected chi connectivity index (χ2v) is 8.12. The number of anilines is 2. The van der Waals surface area contributed by atoms with Crippen molar-refractivity contribution < 1.29 is 4.79 Å². The van der Waals surface area contributed by atoms with Crippen molar-refractivity contribution >= 4 is 23.2 Å². The van der Waals surface area contributed by atoms with E-state index >= 15 is 0 Å². The van der Waals surface area contributed by atoms with Crippen LogP contribution in [0.2, 0.25) is 0 Å². The highest BCUT2D eigenvalue weighted by Crippen LogP contribution is 2.23. The quantitative estimate of drug-likeness (QED) is 0.522. The van der Waals surface area contributed by atoms with E-state index in [1.54, 1.807) is 35.2 Å². The van der Waals surface area contributed by atoms with Crippen LogP contribution in [0.4, 0.5) is 11.6 Å². The molecule has 0 saturated carbocycles. The Hall–Kier alpha value is -3.74. The Bertz CT molecular complexity index is 1160. The topological polar surface area (TPSA) is 84.2 Å². The Morgan fingerprint density at radius 3 is 2.57 bits per heavy atom. The molecule has 30 heavy (non-hydrogen) atoms. The molecule has 0 aliphatic heterocycles. The highest BCUT2D eigenvalue weighted by Gasteiger charge is 2.15. The summed E-state index contributed by atoms with van der Waals surface area (Å²) < 4.78 is 1.70. The zero-order valence-electron chi connectivity index (χ0n) is 17.3. The van der Waals surface area contributed by atoms with Gasteiger partial charge in [-0.2, -0.15) is 9.61 Å². The smallest absolute Gasteiger partial charge is 0.256 e. The minimum absolute atomic E-state index is 0.0401. The molecule has 3 heterocycles. The van der Waals surface area contributed by atoms with Gasteiger partial charge in [-0.3, -0.25) is 9.78 Å². The van der Waals surface area contributed by atoms with E-state index in [4.69, 9.17) is 0 Å². The number of pyridine rings is 1. The molecule has 152 valence electrons. The maximum absolute atomic E-state index is 12.7. The fourth-order valence-corrected chi connectivity index (χ4v) is 3.11. The molecule has 0 unspecified atom stereocenters. The van der Waals surface area contributed by atoms with Crippen LogP contribution in [0.1, 0.15) is 42.3 Å². The fourth-order valence-electron chi connectivity index (χ4n) is 3.11. The summed E-state index contributed by atoms with van der Waals surface area (Å²) in [6.07, 6.45) is 5.22. The number of nitrogens with one attached hydrogen (secondary N) is 2. The summed E-state index contributed by atoms with van der Waals surface area (Å²) in [6, 6.07) is 15.1. The molecule has 0 atom stereocenters. The van der Waals surface area contributed by atoms with Crippen molar-refractivity contribution in [3.05, 3.63) is 83.8 Å². The molecule has 3 aromatic heterocycles. The first-order valence-corrected chi connectivity index (χ1v) is 9.79. The molecule has 0 aliphatic rings. The standard InChI is InChI=1S/C23H24N6O/c1-23(2,3)18-8-6-17(7-9-18)22(30)28-19-13-21(29-20(27-19)10-12-26-29)25-15-16-5-4-11-24-14-16/h4-14,25H,15H2,1-3H3,(H,27,28,30). The lowest BCUT2D eigenvalue weighted by atomic mass is 9.87. The number of carbonyl (C=O) groups excluding carboxylic acids is 1. The van der Waals surface area contributed by atoms with Crippen LogP contribution in [-0.2, 0) is 12.0 Å². The Kier molecular flexibility index (Phi) is 5.18. The van der Waals surface area contributed by atoms with Gasteiger partial charge >= 0.3 is 0 Å². The van der Waals surface area contributed by atoms with Gasteiger partial charge in [-0.25, -0.2) is 4.98 Å². The summed E-state index contributed by atoms with van der Waals surface area (Å²) in [6.45, 7) is 7.01. The van der Waals surface area contributed by atoms with E-state index in [1.165, 1.54) is 5.56 Å². The molecule has 0 fully saturated rings. The number of carbonyl (C=O) groups is 1. The molecule has 7 nitrogen and oxygen atoms in total. The van der Waals surface area contributed by atoms with Gasteiger partial charge in [0.25, 0.3) is 5.91 Å². The van der Waals surface area contributed by atoms with Gasteiger partial charge in [0.15, 0.2) is 5.65 Å². The number of nitrogens with zero attached hydrogens (tertiary/aromatic N) is 4. The number of aromatic nitrogens is 4. The zero-order chi connectivity index (χ0) is 21.1. The summed E-state index contributed by atoms with van der Waals surface area (Å²) >= 11 is 0. The van der Waals surface area contributed by atoms with E-state index < -0.39 is 0 Å². The van der Waals surface area contributed by atoms with E-state index in [-0.39, 0.29) is 11.3 Å². The predicted octanol–water partition coefficient (Wildman–Crippen LogP) is 4.29. The summed E-state index contributed by atoms with van der Waals surface area (Å²) in [4.78, 5) is 21.4.